The molecule has 1 rings (SSSR count). The van der Waals surface area contributed by atoms with Crippen molar-refractivity contribution in [1.29, 1.82) is 0 Å². The molecule has 0 radical (unpaired) electrons. The molecule has 4 nitrogen and oxygen atoms in total. The first kappa shape index (κ1) is 13.1. The maximum absolute atomic E-state index is 11.3. The van der Waals surface area contributed by atoms with Gasteiger partial charge in [0.05, 0.1) is 11.6 Å². The zero-order valence-corrected chi connectivity index (χ0v) is 11.0. The first-order chi connectivity index (χ1) is 7.50. The average molecular weight is 286 g/mol. The Morgan fingerprint density at radius 1 is 1.56 bits per heavy atom. The molecule has 0 saturated heterocycles. The van der Waals surface area contributed by atoms with Gasteiger partial charge in [-0.05, 0) is 28.1 Å². The zero-order chi connectivity index (χ0) is 12.1. The molecule has 0 aromatic carbocycles. The van der Waals surface area contributed by atoms with Crippen LogP contribution in [-0.4, -0.2) is 23.5 Å². The monoisotopic (exact) mass is 285 g/mol. The molecule has 16 heavy (non-hydrogen) atoms. The summed E-state index contributed by atoms with van der Waals surface area (Å²) >= 11 is 3.30. The van der Waals surface area contributed by atoms with E-state index in [9.17, 15) is 4.79 Å². The van der Waals surface area contributed by atoms with Gasteiger partial charge in [-0.2, -0.15) is 0 Å². The fourth-order valence-corrected chi connectivity index (χ4v) is 1.53. The predicted octanol–water partition coefficient (Wildman–Crippen LogP) is 1.41. The molecule has 0 spiro atoms. The minimum atomic E-state index is -0.379. The molecule has 1 amide bonds. The lowest BCUT2D eigenvalue weighted by atomic mass is 10.0. The summed E-state index contributed by atoms with van der Waals surface area (Å²) in [5.74, 6) is -0.738. The van der Waals surface area contributed by atoms with Crippen LogP contribution in [0, 0.1) is 0 Å². The second-order valence-electron chi connectivity index (χ2n) is 3.92. The summed E-state index contributed by atoms with van der Waals surface area (Å²) < 4.78 is 0.885. The molecule has 0 aliphatic carbocycles. The molecule has 3 N–H and O–H groups in total. The van der Waals surface area contributed by atoms with E-state index in [1.807, 2.05) is 26.0 Å². The number of nitrogens with zero attached hydrogens (tertiary/aromatic N) is 1. The SMILES string of the molecule is CC(C)NC[C@@H](C(N)=O)c1ccc(Br)cn1. The molecule has 1 aromatic heterocycles. The number of carbonyl (C=O) groups is 1. The number of amides is 1. The molecule has 0 bridgehead atoms. The minimum absolute atomic E-state index is 0.317. The Hall–Kier alpha value is -0.940. The van der Waals surface area contributed by atoms with Crippen LogP contribution in [0.5, 0.6) is 0 Å². The van der Waals surface area contributed by atoms with Crippen molar-refractivity contribution in [2.45, 2.75) is 25.8 Å². The van der Waals surface area contributed by atoms with E-state index in [1.54, 1.807) is 6.20 Å². The van der Waals surface area contributed by atoms with E-state index in [0.717, 1.165) is 4.47 Å². The van der Waals surface area contributed by atoms with Crippen LogP contribution in [0.25, 0.3) is 0 Å². The maximum Gasteiger partial charge on any atom is 0.227 e. The van der Waals surface area contributed by atoms with Crippen molar-refractivity contribution >= 4 is 21.8 Å². The number of pyridine rings is 1. The Balaban J connectivity index is 2.77. The number of hydrogen-bond donors (Lipinski definition) is 2. The van der Waals surface area contributed by atoms with Crippen LogP contribution in [0.4, 0.5) is 0 Å². The number of aromatic nitrogens is 1. The molecule has 1 aromatic rings. The van der Waals surface area contributed by atoms with Gasteiger partial charge >= 0.3 is 0 Å². The standard InChI is InChI=1S/C11H16BrN3O/c1-7(2)14-6-9(11(13)16)10-4-3-8(12)5-15-10/h3-5,7,9,14H,6H2,1-2H3,(H2,13,16)/t9-/m1/s1. The summed E-state index contributed by atoms with van der Waals surface area (Å²) in [4.78, 5) is 15.5. The second kappa shape index (κ2) is 5.96. The largest absolute Gasteiger partial charge is 0.369 e. The van der Waals surface area contributed by atoms with Gasteiger partial charge in [0.15, 0.2) is 0 Å². The Bertz CT molecular complexity index is 351. The number of hydrogen-bond acceptors (Lipinski definition) is 3. The van der Waals surface area contributed by atoms with Crippen LogP contribution >= 0.6 is 15.9 Å². The summed E-state index contributed by atoms with van der Waals surface area (Å²) in [5.41, 5.74) is 6.06. The fourth-order valence-electron chi connectivity index (χ4n) is 1.30. The van der Waals surface area contributed by atoms with Crippen LogP contribution in [0.15, 0.2) is 22.8 Å². The van der Waals surface area contributed by atoms with Gasteiger partial charge in [0.25, 0.3) is 0 Å². The smallest absolute Gasteiger partial charge is 0.227 e. The Morgan fingerprint density at radius 3 is 2.69 bits per heavy atom. The lowest BCUT2D eigenvalue weighted by Crippen LogP contribution is -2.35. The van der Waals surface area contributed by atoms with Gasteiger partial charge in [-0.1, -0.05) is 13.8 Å². The zero-order valence-electron chi connectivity index (χ0n) is 9.40. The number of nitrogens with one attached hydrogen (secondary N) is 1. The molecule has 0 aliphatic heterocycles. The highest BCUT2D eigenvalue weighted by Crippen LogP contribution is 2.15. The summed E-state index contributed by atoms with van der Waals surface area (Å²) in [6.07, 6.45) is 1.67. The van der Waals surface area contributed by atoms with E-state index in [-0.39, 0.29) is 11.8 Å². The van der Waals surface area contributed by atoms with Gasteiger partial charge in [0.2, 0.25) is 5.91 Å². The van der Waals surface area contributed by atoms with Gasteiger partial charge in [0.1, 0.15) is 0 Å². The lowest BCUT2D eigenvalue weighted by Gasteiger charge is -2.15. The van der Waals surface area contributed by atoms with Gasteiger partial charge < -0.3 is 11.1 Å². The third-order valence-electron chi connectivity index (χ3n) is 2.18. The van der Waals surface area contributed by atoms with E-state index >= 15 is 0 Å². The van der Waals surface area contributed by atoms with E-state index in [1.165, 1.54) is 0 Å². The highest BCUT2D eigenvalue weighted by atomic mass is 79.9. The first-order valence-corrected chi connectivity index (χ1v) is 5.94. The molecule has 5 heteroatoms. The first-order valence-electron chi connectivity index (χ1n) is 5.15. The van der Waals surface area contributed by atoms with Crippen LogP contribution in [-0.2, 0) is 4.79 Å². The summed E-state index contributed by atoms with van der Waals surface area (Å²) in [6, 6.07) is 3.98. The van der Waals surface area contributed by atoms with Crippen molar-refractivity contribution in [1.82, 2.24) is 10.3 Å². The number of primary amides is 1. The topological polar surface area (TPSA) is 68.0 Å². The molecule has 1 heterocycles. The quantitative estimate of drug-likeness (QED) is 0.860. The highest BCUT2D eigenvalue weighted by molar-refractivity contribution is 9.10. The number of carbonyl (C=O) groups excluding carboxylic acids is 1. The maximum atomic E-state index is 11.3. The molecule has 0 unspecified atom stereocenters. The highest BCUT2D eigenvalue weighted by Gasteiger charge is 2.19. The van der Waals surface area contributed by atoms with Gasteiger partial charge in [-0.25, -0.2) is 0 Å². The minimum Gasteiger partial charge on any atom is -0.369 e. The Morgan fingerprint density at radius 2 is 2.25 bits per heavy atom. The molecular weight excluding hydrogens is 270 g/mol. The van der Waals surface area contributed by atoms with Crippen molar-refractivity contribution < 1.29 is 4.79 Å². The summed E-state index contributed by atoms with van der Waals surface area (Å²) in [6.45, 7) is 4.56. The van der Waals surface area contributed by atoms with Crippen molar-refractivity contribution in [3.63, 3.8) is 0 Å². The number of nitrogens with two attached hydrogens (primary N) is 1. The van der Waals surface area contributed by atoms with E-state index in [2.05, 4.69) is 26.2 Å². The molecule has 0 saturated carbocycles. The number of halogens is 1. The normalized spacial score (nSPS) is 12.8. The van der Waals surface area contributed by atoms with E-state index in [4.69, 9.17) is 5.73 Å². The lowest BCUT2D eigenvalue weighted by molar-refractivity contribution is -0.119. The van der Waals surface area contributed by atoms with Crippen LogP contribution in [0.1, 0.15) is 25.5 Å². The van der Waals surface area contributed by atoms with E-state index in [0.29, 0.717) is 18.3 Å². The van der Waals surface area contributed by atoms with Gasteiger partial charge in [-0.15, -0.1) is 0 Å². The van der Waals surface area contributed by atoms with Crippen LogP contribution < -0.4 is 11.1 Å². The van der Waals surface area contributed by atoms with Crippen molar-refractivity contribution in [2.24, 2.45) is 5.73 Å². The molecular formula is C11H16BrN3O. The molecule has 88 valence electrons. The van der Waals surface area contributed by atoms with Crippen LogP contribution in [0.3, 0.4) is 0 Å². The third-order valence-corrected chi connectivity index (χ3v) is 2.65. The molecule has 0 aliphatic rings. The van der Waals surface area contributed by atoms with Crippen LogP contribution in [0.2, 0.25) is 0 Å². The molecule has 0 fully saturated rings. The van der Waals surface area contributed by atoms with Crippen molar-refractivity contribution in [3.05, 3.63) is 28.5 Å². The van der Waals surface area contributed by atoms with Gasteiger partial charge in [-0.3, -0.25) is 9.78 Å². The summed E-state index contributed by atoms with van der Waals surface area (Å²) in [5, 5.41) is 3.19. The van der Waals surface area contributed by atoms with E-state index < -0.39 is 0 Å². The number of rotatable bonds is 5. The fraction of sp³-hybridized carbons (Fsp3) is 0.455. The second-order valence-corrected chi connectivity index (χ2v) is 4.83. The average Bonchev–Trinajstić information content (AvgIpc) is 2.20. The van der Waals surface area contributed by atoms with Crippen molar-refractivity contribution in [2.75, 3.05) is 6.54 Å². The Kier molecular flexibility index (Phi) is 4.89. The third kappa shape index (κ3) is 3.90. The van der Waals surface area contributed by atoms with Crippen molar-refractivity contribution in [3.8, 4) is 0 Å². The Labute approximate surface area is 104 Å². The van der Waals surface area contributed by atoms with Gasteiger partial charge in [0, 0.05) is 23.3 Å². The predicted molar refractivity (Wildman–Crippen MR) is 67.0 cm³/mol. The summed E-state index contributed by atoms with van der Waals surface area (Å²) in [7, 11) is 0. The molecule has 1 atom stereocenters.